The second-order valence-corrected chi connectivity index (χ2v) is 9.08. The van der Waals surface area contributed by atoms with Gasteiger partial charge >= 0.3 is 5.97 Å². The highest BCUT2D eigenvalue weighted by molar-refractivity contribution is 8.01. The molecule has 1 saturated heterocycles. The molecule has 5 rings (SSSR count). The van der Waals surface area contributed by atoms with Crippen molar-refractivity contribution in [1.29, 1.82) is 0 Å². The molecule has 1 N–H and O–H groups in total. The largest absolute Gasteiger partial charge is 0.481 e. The Bertz CT molecular complexity index is 968. The number of nitrogens with zero attached hydrogens (tertiary/aromatic N) is 2. The molecule has 0 spiro atoms. The molecule has 2 bridgehead atoms. The van der Waals surface area contributed by atoms with Crippen LogP contribution >= 0.6 is 23.1 Å². The fourth-order valence-corrected chi connectivity index (χ4v) is 6.19. The van der Waals surface area contributed by atoms with E-state index in [1.807, 2.05) is 6.07 Å². The Balaban J connectivity index is 1.47. The molecule has 26 heavy (non-hydrogen) atoms. The van der Waals surface area contributed by atoms with Crippen LogP contribution in [0, 0.1) is 23.7 Å². The van der Waals surface area contributed by atoms with Crippen LogP contribution < -0.4 is 4.90 Å². The molecule has 1 saturated carbocycles. The predicted molar refractivity (Wildman–Crippen MR) is 98.2 cm³/mol. The lowest BCUT2D eigenvalue weighted by Crippen LogP contribution is -2.32. The predicted octanol–water partition coefficient (Wildman–Crippen LogP) is 2.78. The third kappa shape index (κ3) is 2.25. The van der Waals surface area contributed by atoms with Gasteiger partial charge in [-0.05, 0) is 36.5 Å². The van der Waals surface area contributed by atoms with Crippen LogP contribution in [0.15, 0.2) is 34.7 Å². The van der Waals surface area contributed by atoms with Crippen LogP contribution in [0.2, 0.25) is 0 Å². The van der Waals surface area contributed by atoms with E-state index in [-0.39, 0.29) is 41.2 Å². The molecule has 1 aromatic carbocycles. The van der Waals surface area contributed by atoms with E-state index >= 15 is 0 Å². The zero-order valence-electron chi connectivity index (χ0n) is 13.5. The summed E-state index contributed by atoms with van der Waals surface area (Å²) in [5, 5.41) is 8.79. The smallest absolute Gasteiger partial charge is 0.313 e. The van der Waals surface area contributed by atoms with Gasteiger partial charge in [-0.1, -0.05) is 23.9 Å². The summed E-state index contributed by atoms with van der Waals surface area (Å²) in [5.41, 5.74) is 1.33. The Hall–Kier alpha value is -2.19. The minimum Gasteiger partial charge on any atom is -0.481 e. The highest BCUT2D eigenvalue weighted by atomic mass is 32.2. The first-order valence-electron chi connectivity index (χ1n) is 8.34. The van der Waals surface area contributed by atoms with E-state index in [2.05, 4.69) is 17.1 Å². The van der Waals surface area contributed by atoms with Gasteiger partial charge in [0.25, 0.3) is 0 Å². The van der Waals surface area contributed by atoms with Gasteiger partial charge in [-0.3, -0.25) is 14.4 Å². The number of aliphatic carboxylic acids is 1. The van der Waals surface area contributed by atoms with Crippen LogP contribution in [0.5, 0.6) is 0 Å². The lowest BCUT2D eigenvalue weighted by atomic mass is 9.85. The number of carbonyl (C=O) groups excluding carboxylic acids is 2. The van der Waals surface area contributed by atoms with Gasteiger partial charge in [-0.2, -0.15) is 0 Å². The topological polar surface area (TPSA) is 87.6 Å². The van der Waals surface area contributed by atoms with Crippen molar-refractivity contribution in [3.8, 4) is 0 Å². The van der Waals surface area contributed by atoms with Gasteiger partial charge in [-0.25, -0.2) is 9.88 Å². The summed E-state index contributed by atoms with van der Waals surface area (Å²) in [7, 11) is 0. The third-order valence-electron chi connectivity index (χ3n) is 5.40. The summed E-state index contributed by atoms with van der Waals surface area (Å²) in [6, 6.07) is 5.34. The molecule has 0 radical (unpaired) electrons. The van der Waals surface area contributed by atoms with E-state index in [9.17, 15) is 14.4 Å². The molecule has 4 atom stereocenters. The summed E-state index contributed by atoms with van der Waals surface area (Å²) in [6.07, 6.45) is 5.08. The summed E-state index contributed by atoms with van der Waals surface area (Å²) in [6.45, 7) is 0. The number of carboxylic acids is 1. The van der Waals surface area contributed by atoms with Gasteiger partial charge < -0.3 is 5.11 Å². The van der Waals surface area contributed by atoms with E-state index in [1.165, 1.54) is 28.0 Å². The summed E-state index contributed by atoms with van der Waals surface area (Å²) < 4.78 is 1.51. The minimum absolute atomic E-state index is 0.0467. The average molecular weight is 386 g/mol. The van der Waals surface area contributed by atoms with E-state index < -0.39 is 5.97 Å². The van der Waals surface area contributed by atoms with Crippen molar-refractivity contribution in [2.45, 2.75) is 10.8 Å². The second-order valence-electron chi connectivity index (χ2n) is 6.83. The number of anilines is 1. The molecule has 2 aliphatic carbocycles. The standard InChI is InChI=1S/C18H14N2O4S2/c21-13(22)7-25-18-19-11-4-3-10(6-12(11)26-18)20-16(23)14-8-1-2-9(5-8)15(14)17(20)24/h1-4,6,8-9,14-15H,5,7H2,(H,21,22)/t8-,9-,14-,15-/m0/s1. The molecule has 1 aromatic heterocycles. The molecular formula is C18H14N2O4S2. The van der Waals surface area contributed by atoms with Crippen molar-refractivity contribution in [3.05, 3.63) is 30.4 Å². The van der Waals surface area contributed by atoms with Crippen molar-refractivity contribution in [2.75, 3.05) is 10.7 Å². The second kappa shape index (κ2) is 5.65. The number of amides is 2. The highest BCUT2D eigenvalue weighted by Crippen LogP contribution is 2.53. The van der Waals surface area contributed by atoms with E-state index in [0.717, 1.165) is 16.6 Å². The number of imide groups is 1. The van der Waals surface area contributed by atoms with Gasteiger partial charge in [0.15, 0.2) is 4.34 Å². The number of benzene rings is 1. The Morgan fingerprint density at radius 2 is 1.92 bits per heavy atom. The van der Waals surface area contributed by atoms with E-state index in [0.29, 0.717) is 10.0 Å². The Kier molecular flexibility index (Phi) is 3.48. The maximum atomic E-state index is 12.9. The van der Waals surface area contributed by atoms with Gasteiger partial charge in [0.2, 0.25) is 11.8 Å². The maximum Gasteiger partial charge on any atom is 0.313 e. The number of hydrogen-bond acceptors (Lipinski definition) is 6. The Morgan fingerprint density at radius 3 is 2.58 bits per heavy atom. The van der Waals surface area contributed by atoms with Crippen LogP contribution in [0.4, 0.5) is 5.69 Å². The fourth-order valence-electron chi connectivity index (χ4n) is 4.37. The molecular weight excluding hydrogens is 372 g/mol. The SMILES string of the molecule is O=C(O)CSc1nc2ccc(N3C(=O)[C@@H]4[C@@H](C3=O)[C@H]3C=C[C@H]4C3)cc2s1. The van der Waals surface area contributed by atoms with Gasteiger partial charge in [0, 0.05) is 0 Å². The van der Waals surface area contributed by atoms with Crippen molar-refractivity contribution < 1.29 is 19.5 Å². The van der Waals surface area contributed by atoms with Crippen LogP contribution in [-0.4, -0.2) is 33.6 Å². The van der Waals surface area contributed by atoms with Crippen LogP contribution in [0.1, 0.15) is 6.42 Å². The van der Waals surface area contributed by atoms with Crippen LogP contribution in [0.3, 0.4) is 0 Å². The third-order valence-corrected chi connectivity index (χ3v) is 7.55. The molecule has 2 heterocycles. The lowest BCUT2D eigenvalue weighted by molar-refractivity contribution is -0.134. The molecule has 0 unspecified atom stereocenters. The zero-order chi connectivity index (χ0) is 18.0. The quantitative estimate of drug-likeness (QED) is 0.494. The van der Waals surface area contributed by atoms with Gasteiger partial charge in [-0.15, -0.1) is 11.3 Å². The van der Waals surface area contributed by atoms with Crippen molar-refractivity contribution in [1.82, 2.24) is 4.98 Å². The first-order chi connectivity index (χ1) is 12.5. The molecule has 2 fully saturated rings. The number of thiazole rings is 1. The number of fused-ring (bicyclic) bond motifs is 6. The molecule has 132 valence electrons. The molecule has 2 amide bonds. The van der Waals surface area contributed by atoms with E-state index in [4.69, 9.17) is 5.11 Å². The first-order valence-corrected chi connectivity index (χ1v) is 10.1. The number of thioether (sulfide) groups is 1. The molecule has 3 aliphatic rings. The number of carbonyl (C=O) groups is 3. The maximum absolute atomic E-state index is 12.9. The first kappa shape index (κ1) is 16.0. The fraction of sp³-hybridized carbons (Fsp3) is 0.333. The van der Waals surface area contributed by atoms with Crippen molar-refractivity contribution in [2.24, 2.45) is 23.7 Å². The monoisotopic (exact) mass is 386 g/mol. The molecule has 2 aromatic rings. The van der Waals surface area contributed by atoms with Crippen molar-refractivity contribution in [3.63, 3.8) is 0 Å². The molecule has 6 nitrogen and oxygen atoms in total. The Labute approximate surface area is 156 Å². The van der Waals surface area contributed by atoms with E-state index in [1.54, 1.807) is 12.1 Å². The number of hydrogen-bond donors (Lipinski definition) is 1. The summed E-state index contributed by atoms with van der Waals surface area (Å²) in [5.74, 6) is -1.17. The molecule has 8 heteroatoms. The highest BCUT2D eigenvalue weighted by Gasteiger charge is 2.59. The van der Waals surface area contributed by atoms with Crippen LogP contribution in [-0.2, 0) is 14.4 Å². The summed E-state index contributed by atoms with van der Waals surface area (Å²) in [4.78, 5) is 42.2. The minimum atomic E-state index is -0.891. The van der Waals surface area contributed by atoms with Crippen molar-refractivity contribution >= 4 is 56.8 Å². The van der Waals surface area contributed by atoms with Gasteiger partial charge in [0.05, 0.1) is 33.5 Å². The lowest BCUT2D eigenvalue weighted by Gasteiger charge is -2.17. The Morgan fingerprint density at radius 1 is 1.23 bits per heavy atom. The number of rotatable bonds is 4. The number of carboxylic acid groups (broad SMARTS) is 1. The molecule has 1 aliphatic heterocycles. The zero-order valence-corrected chi connectivity index (χ0v) is 15.1. The summed E-state index contributed by atoms with van der Waals surface area (Å²) >= 11 is 2.54. The number of aromatic nitrogens is 1. The average Bonchev–Trinajstić information content (AvgIpc) is 3.35. The number of allylic oxidation sites excluding steroid dienone is 2. The van der Waals surface area contributed by atoms with Gasteiger partial charge in [0.1, 0.15) is 0 Å². The van der Waals surface area contributed by atoms with Crippen LogP contribution in [0.25, 0.3) is 10.2 Å². The normalized spacial score (nSPS) is 29.2.